The summed E-state index contributed by atoms with van der Waals surface area (Å²) < 4.78 is 6.12. The lowest BCUT2D eigenvalue weighted by Crippen LogP contribution is -2.37. The second kappa shape index (κ2) is 9.47. The Bertz CT molecular complexity index is 1270. The number of carbonyl (C=O) groups is 4. The number of ether oxygens (including phenoxy) is 1. The molecule has 36 heavy (non-hydrogen) atoms. The maximum absolute atomic E-state index is 13.2. The van der Waals surface area contributed by atoms with E-state index in [2.05, 4.69) is 21.2 Å². The number of carbonyl (C=O) groups excluding carboxylic acids is 4. The van der Waals surface area contributed by atoms with E-state index in [4.69, 9.17) is 27.9 Å². The van der Waals surface area contributed by atoms with E-state index >= 15 is 0 Å². The number of esters is 1. The molecule has 1 heterocycles. The molecule has 2 aliphatic carbocycles. The van der Waals surface area contributed by atoms with Crippen molar-refractivity contribution in [2.45, 2.75) is 31.0 Å². The number of imide groups is 1. The van der Waals surface area contributed by atoms with Gasteiger partial charge in [0.05, 0.1) is 33.8 Å². The van der Waals surface area contributed by atoms with E-state index < -0.39 is 30.3 Å². The first-order valence-electron chi connectivity index (χ1n) is 11.6. The SMILES string of the molecule is Cc1cc(NC(=O)COC(=O)c2cccc(N3C(=O)[C@@H]4[C@H]5C[C@@H]([C@H](Cl)[C@H]5Cl)[C@@H]4C3=O)c2)c(C)cc1Br. The van der Waals surface area contributed by atoms with Gasteiger partial charge in [0, 0.05) is 10.2 Å². The zero-order valence-corrected chi connectivity index (χ0v) is 22.6. The van der Waals surface area contributed by atoms with E-state index in [0.717, 1.165) is 20.5 Å². The van der Waals surface area contributed by atoms with E-state index in [1.54, 1.807) is 12.1 Å². The molecule has 7 nitrogen and oxygen atoms in total. The molecule has 0 unspecified atom stereocenters. The molecule has 1 aliphatic heterocycles. The predicted molar refractivity (Wildman–Crippen MR) is 139 cm³/mol. The van der Waals surface area contributed by atoms with Crippen LogP contribution in [-0.2, 0) is 19.1 Å². The third kappa shape index (κ3) is 4.13. The number of rotatable bonds is 5. The van der Waals surface area contributed by atoms with E-state index in [9.17, 15) is 19.2 Å². The molecule has 2 saturated carbocycles. The minimum absolute atomic E-state index is 0.127. The fourth-order valence-corrected chi connectivity index (χ4v) is 7.04. The normalized spacial score (nSPS) is 28.4. The van der Waals surface area contributed by atoms with Crippen LogP contribution in [0.1, 0.15) is 27.9 Å². The Hall–Kier alpha value is -2.42. The zero-order valence-electron chi connectivity index (χ0n) is 19.5. The van der Waals surface area contributed by atoms with Gasteiger partial charge in [0.2, 0.25) is 11.8 Å². The topological polar surface area (TPSA) is 92.8 Å². The standard InChI is InChI=1S/C26H23BrCl2N2O5/c1-11-7-18(12(2)6-17(11)27)30-19(32)10-36-26(35)13-4-3-5-14(8-13)31-24(33)20-15-9-16(21(20)25(31)34)23(29)22(15)28/h3-8,15-16,20-23H,9-10H2,1-2H3,(H,30,32)/t15-,16-,20-,21+,22+,23+/m1/s1. The molecule has 0 spiro atoms. The van der Waals surface area contributed by atoms with Crippen molar-refractivity contribution in [3.05, 3.63) is 57.6 Å². The van der Waals surface area contributed by atoms with Crippen molar-refractivity contribution in [3.8, 4) is 0 Å². The van der Waals surface area contributed by atoms with E-state index in [1.165, 1.54) is 12.1 Å². The molecule has 3 fully saturated rings. The first-order chi connectivity index (χ1) is 17.1. The second-order valence-electron chi connectivity index (χ2n) is 9.61. The predicted octanol–water partition coefficient (Wildman–Crippen LogP) is 4.83. The summed E-state index contributed by atoms with van der Waals surface area (Å²) in [7, 11) is 0. The monoisotopic (exact) mass is 592 g/mol. The van der Waals surface area contributed by atoms with Crippen LogP contribution in [0.5, 0.6) is 0 Å². The van der Waals surface area contributed by atoms with Gasteiger partial charge in [-0.1, -0.05) is 22.0 Å². The molecular weight excluding hydrogens is 571 g/mol. The summed E-state index contributed by atoms with van der Waals surface area (Å²) in [6.45, 7) is 3.28. The largest absolute Gasteiger partial charge is 0.452 e. The molecule has 188 valence electrons. The molecule has 2 aromatic rings. The number of hydrogen-bond donors (Lipinski definition) is 1. The minimum Gasteiger partial charge on any atom is -0.452 e. The molecule has 0 aromatic heterocycles. The minimum atomic E-state index is -0.739. The molecule has 10 heteroatoms. The summed E-state index contributed by atoms with van der Waals surface area (Å²) in [6, 6.07) is 9.81. The highest BCUT2D eigenvalue weighted by atomic mass is 79.9. The third-order valence-electron chi connectivity index (χ3n) is 7.44. The van der Waals surface area contributed by atoms with Crippen LogP contribution in [0.3, 0.4) is 0 Å². The van der Waals surface area contributed by atoms with Gasteiger partial charge in [-0.2, -0.15) is 0 Å². The number of nitrogens with one attached hydrogen (secondary N) is 1. The number of halogens is 3. The number of nitrogens with zero attached hydrogens (tertiary/aromatic N) is 1. The fourth-order valence-electron chi connectivity index (χ4n) is 5.69. The molecule has 3 aliphatic rings. The summed E-state index contributed by atoms with van der Waals surface area (Å²) in [5, 5.41) is 2.06. The van der Waals surface area contributed by atoms with Crippen molar-refractivity contribution < 1.29 is 23.9 Å². The third-order valence-corrected chi connectivity index (χ3v) is 9.61. The lowest BCUT2D eigenvalue weighted by atomic mass is 9.80. The number of aryl methyl sites for hydroxylation is 2. The summed E-state index contributed by atoms with van der Waals surface area (Å²) in [5.74, 6) is -3.06. The number of hydrogen-bond acceptors (Lipinski definition) is 5. The van der Waals surface area contributed by atoms with Crippen molar-refractivity contribution >= 4 is 74.2 Å². The van der Waals surface area contributed by atoms with Gasteiger partial charge < -0.3 is 10.1 Å². The Balaban J connectivity index is 1.26. The van der Waals surface area contributed by atoms with Gasteiger partial charge in [-0.15, -0.1) is 23.2 Å². The van der Waals surface area contributed by atoms with Crippen LogP contribution in [0.2, 0.25) is 0 Å². The van der Waals surface area contributed by atoms with Crippen LogP contribution in [-0.4, -0.2) is 41.1 Å². The highest BCUT2D eigenvalue weighted by Crippen LogP contribution is 2.59. The highest BCUT2D eigenvalue weighted by molar-refractivity contribution is 9.10. The number of anilines is 2. The second-order valence-corrected chi connectivity index (χ2v) is 11.5. The van der Waals surface area contributed by atoms with Crippen molar-refractivity contribution in [2.75, 3.05) is 16.8 Å². The molecule has 2 bridgehead atoms. The number of fused-ring (bicyclic) bond motifs is 5. The molecule has 1 N–H and O–H groups in total. The molecule has 2 aromatic carbocycles. The van der Waals surface area contributed by atoms with Gasteiger partial charge in [-0.05, 0) is 73.6 Å². The first-order valence-corrected chi connectivity index (χ1v) is 13.2. The summed E-state index contributed by atoms with van der Waals surface area (Å²) >= 11 is 16.3. The van der Waals surface area contributed by atoms with Gasteiger partial charge in [-0.25, -0.2) is 4.79 Å². The Kier molecular flexibility index (Phi) is 6.64. The smallest absolute Gasteiger partial charge is 0.338 e. The van der Waals surface area contributed by atoms with Gasteiger partial charge in [0.25, 0.3) is 5.91 Å². The van der Waals surface area contributed by atoms with Crippen LogP contribution in [0.25, 0.3) is 0 Å². The van der Waals surface area contributed by atoms with Gasteiger partial charge >= 0.3 is 5.97 Å². The summed E-state index contributed by atoms with van der Waals surface area (Å²) in [4.78, 5) is 52.6. The maximum atomic E-state index is 13.2. The van der Waals surface area contributed by atoms with Gasteiger partial charge in [0.15, 0.2) is 6.61 Å². The molecule has 6 atom stereocenters. The van der Waals surface area contributed by atoms with E-state index in [-0.39, 0.29) is 45.7 Å². The Morgan fingerprint density at radius 1 is 1.03 bits per heavy atom. The summed E-state index contributed by atoms with van der Waals surface area (Å²) in [6.07, 6.45) is 0.677. The van der Waals surface area contributed by atoms with Crippen molar-refractivity contribution in [1.82, 2.24) is 0 Å². The molecule has 5 rings (SSSR count). The van der Waals surface area contributed by atoms with E-state index in [0.29, 0.717) is 12.1 Å². The summed E-state index contributed by atoms with van der Waals surface area (Å²) in [5.41, 5.74) is 2.86. The number of amides is 3. The molecule has 0 radical (unpaired) electrons. The van der Waals surface area contributed by atoms with Crippen molar-refractivity contribution in [3.63, 3.8) is 0 Å². The van der Waals surface area contributed by atoms with Crippen LogP contribution in [0.15, 0.2) is 40.9 Å². The number of benzene rings is 2. The van der Waals surface area contributed by atoms with Crippen molar-refractivity contribution in [2.24, 2.45) is 23.7 Å². The van der Waals surface area contributed by atoms with Gasteiger partial charge in [0.1, 0.15) is 0 Å². The fraction of sp³-hybridized carbons (Fsp3) is 0.385. The Morgan fingerprint density at radius 3 is 2.31 bits per heavy atom. The lowest BCUT2D eigenvalue weighted by molar-refractivity contribution is -0.123. The Morgan fingerprint density at radius 2 is 1.67 bits per heavy atom. The quantitative estimate of drug-likeness (QED) is 0.304. The molecule has 1 saturated heterocycles. The number of alkyl halides is 2. The van der Waals surface area contributed by atoms with Crippen LogP contribution in [0.4, 0.5) is 11.4 Å². The first kappa shape index (κ1) is 25.2. The Labute approximate surface area is 226 Å². The van der Waals surface area contributed by atoms with Gasteiger partial charge in [-0.3, -0.25) is 19.3 Å². The maximum Gasteiger partial charge on any atom is 0.338 e. The van der Waals surface area contributed by atoms with Crippen LogP contribution >= 0.6 is 39.1 Å². The van der Waals surface area contributed by atoms with Crippen molar-refractivity contribution in [1.29, 1.82) is 0 Å². The lowest BCUT2D eigenvalue weighted by Gasteiger charge is -2.28. The molecular formula is C26H23BrCl2N2O5. The molecule has 3 amide bonds. The average molecular weight is 594 g/mol. The average Bonchev–Trinajstić information content (AvgIpc) is 3.45. The zero-order chi connectivity index (χ0) is 25.9. The van der Waals surface area contributed by atoms with Crippen LogP contribution in [0, 0.1) is 37.5 Å². The highest BCUT2D eigenvalue weighted by Gasteiger charge is 2.66. The van der Waals surface area contributed by atoms with E-state index in [1.807, 2.05) is 26.0 Å². The van der Waals surface area contributed by atoms with Crippen LogP contribution < -0.4 is 10.2 Å².